The maximum Gasteiger partial charge on any atom is 0.320 e. The molecule has 6 nitrogen and oxygen atoms in total. The van der Waals surface area contributed by atoms with Crippen LogP contribution >= 0.6 is 0 Å². The van der Waals surface area contributed by atoms with E-state index >= 15 is 0 Å². The highest BCUT2D eigenvalue weighted by atomic mass is 16.6. The van der Waals surface area contributed by atoms with E-state index in [9.17, 15) is 19.7 Å². The molecule has 0 heterocycles. The Labute approximate surface area is 128 Å². The highest BCUT2D eigenvalue weighted by Gasteiger charge is 2.55. The number of Topliss-reactive ketones (excluding diaryl/α,β-unsaturated/α-hetero) is 1. The van der Waals surface area contributed by atoms with E-state index in [0.29, 0.717) is 24.8 Å². The van der Waals surface area contributed by atoms with Gasteiger partial charge in [0.05, 0.1) is 13.0 Å². The fourth-order valence-corrected chi connectivity index (χ4v) is 3.34. The first-order valence-electron chi connectivity index (χ1n) is 7.31. The molecule has 0 amide bonds. The number of ether oxygens (including phenoxy) is 1. The van der Waals surface area contributed by atoms with Crippen LogP contribution in [0.1, 0.15) is 37.2 Å². The molecule has 0 saturated heterocycles. The van der Waals surface area contributed by atoms with Crippen molar-refractivity contribution in [3.05, 3.63) is 46.0 Å². The molecule has 0 aliphatic heterocycles. The van der Waals surface area contributed by atoms with Crippen molar-refractivity contribution in [3.8, 4) is 0 Å². The summed E-state index contributed by atoms with van der Waals surface area (Å²) in [5, 5.41) is 11.1. The molecule has 118 valence electrons. The maximum absolute atomic E-state index is 12.6. The largest absolute Gasteiger partial charge is 0.468 e. The highest BCUT2D eigenvalue weighted by molar-refractivity contribution is 6.05. The summed E-state index contributed by atoms with van der Waals surface area (Å²) in [6, 6.07) is 8.74. The van der Waals surface area contributed by atoms with Crippen molar-refractivity contribution in [2.75, 3.05) is 13.7 Å². The number of carbonyl (C=O) groups excluding carboxylic acids is 2. The zero-order valence-electron chi connectivity index (χ0n) is 12.5. The zero-order valence-corrected chi connectivity index (χ0v) is 12.5. The van der Waals surface area contributed by atoms with E-state index in [-0.39, 0.29) is 12.2 Å². The monoisotopic (exact) mass is 305 g/mol. The van der Waals surface area contributed by atoms with E-state index in [1.54, 1.807) is 30.3 Å². The summed E-state index contributed by atoms with van der Waals surface area (Å²) in [6.45, 7) is -0.467. The standard InChI is InChI=1S/C16H19NO5/c1-22-15(19)16(10-6-5-9-14(16)18)13(11-17(20)21)12-7-3-2-4-8-12/h2-4,7-8,13H,5-6,9-11H2,1H3/t13-,16-/m1/s1. The molecule has 0 N–H and O–H groups in total. The molecule has 1 fully saturated rings. The van der Waals surface area contributed by atoms with E-state index in [1.165, 1.54) is 7.11 Å². The van der Waals surface area contributed by atoms with Crippen LogP contribution in [-0.4, -0.2) is 30.3 Å². The van der Waals surface area contributed by atoms with Gasteiger partial charge in [-0.05, 0) is 18.4 Å². The van der Waals surface area contributed by atoms with Gasteiger partial charge in [0.15, 0.2) is 5.78 Å². The number of rotatable bonds is 5. The van der Waals surface area contributed by atoms with Crippen LogP contribution in [0.3, 0.4) is 0 Å². The van der Waals surface area contributed by atoms with Gasteiger partial charge in [0.1, 0.15) is 5.41 Å². The number of nitrogens with zero attached hydrogens (tertiary/aromatic N) is 1. The predicted molar refractivity (Wildman–Crippen MR) is 79.0 cm³/mol. The normalized spacial score (nSPS) is 22.9. The number of carbonyl (C=O) groups is 2. The number of esters is 1. The van der Waals surface area contributed by atoms with Gasteiger partial charge in [-0.25, -0.2) is 0 Å². The molecule has 0 spiro atoms. The second-order valence-corrected chi connectivity index (χ2v) is 5.57. The van der Waals surface area contributed by atoms with Crippen LogP contribution in [0.4, 0.5) is 0 Å². The molecule has 0 unspecified atom stereocenters. The van der Waals surface area contributed by atoms with Crippen LogP contribution < -0.4 is 0 Å². The predicted octanol–water partition coefficient (Wildman–Crippen LogP) is 2.35. The van der Waals surface area contributed by atoms with Gasteiger partial charge in [-0.15, -0.1) is 0 Å². The van der Waals surface area contributed by atoms with Crippen LogP contribution in [-0.2, 0) is 14.3 Å². The minimum absolute atomic E-state index is 0.249. The molecule has 1 aliphatic carbocycles. The van der Waals surface area contributed by atoms with Crippen LogP contribution in [0.5, 0.6) is 0 Å². The fourth-order valence-electron chi connectivity index (χ4n) is 3.34. The van der Waals surface area contributed by atoms with Gasteiger partial charge in [-0.3, -0.25) is 19.7 Å². The summed E-state index contributed by atoms with van der Waals surface area (Å²) in [5.74, 6) is -1.71. The average Bonchev–Trinajstić information content (AvgIpc) is 2.53. The third-order valence-electron chi connectivity index (χ3n) is 4.40. The second kappa shape index (κ2) is 6.68. The van der Waals surface area contributed by atoms with E-state index in [1.807, 2.05) is 0 Å². The molecule has 1 aromatic carbocycles. The van der Waals surface area contributed by atoms with E-state index in [4.69, 9.17) is 4.74 Å². The Hall–Kier alpha value is -2.24. The van der Waals surface area contributed by atoms with Gasteiger partial charge in [-0.1, -0.05) is 36.8 Å². The molecule has 2 rings (SSSR count). The fraction of sp³-hybridized carbons (Fsp3) is 0.500. The minimum Gasteiger partial charge on any atom is -0.468 e. The van der Waals surface area contributed by atoms with Gasteiger partial charge in [-0.2, -0.15) is 0 Å². The van der Waals surface area contributed by atoms with Crippen molar-refractivity contribution in [2.24, 2.45) is 5.41 Å². The molecule has 6 heteroatoms. The van der Waals surface area contributed by atoms with Crippen molar-refractivity contribution in [2.45, 2.75) is 31.6 Å². The summed E-state index contributed by atoms with van der Waals surface area (Å²) < 4.78 is 4.87. The van der Waals surface area contributed by atoms with Crippen molar-refractivity contribution in [1.82, 2.24) is 0 Å². The minimum atomic E-state index is -1.44. The SMILES string of the molecule is COC(=O)[C@@]1([C@H](C[N+](=O)[O-])c2ccccc2)CCCCC1=O. The number of hydrogen-bond donors (Lipinski definition) is 0. The number of ketones is 1. The van der Waals surface area contributed by atoms with Crippen molar-refractivity contribution < 1.29 is 19.2 Å². The second-order valence-electron chi connectivity index (χ2n) is 5.57. The van der Waals surface area contributed by atoms with Crippen LogP contribution in [0, 0.1) is 15.5 Å². The molecular weight excluding hydrogens is 286 g/mol. The van der Waals surface area contributed by atoms with Crippen molar-refractivity contribution in [1.29, 1.82) is 0 Å². The number of nitro groups is 1. The summed E-state index contributed by atoms with van der Waals surface area (Å²) >= 11 is 0. The number of benzene rings is 1. The molecule has 1 saturated carbocycles. The zero-order chi connectivity index (χ0) is 16.2. The molecule has 0 bridgehead atoms. The van der Waals surface area contributed by atoms with Crippen LogP contribution in [0.25, 0.3) is 0 Å². The Morgan fingerprint density at radius 1 is 1.36 bits per heavy atom. The van der Waals surface area contributed by atoms with Gasteiger partial charge in [0.2, 0.25) is 6.54 Å². The Kier molecular flexibility index (Phi) is 4.90. The van der Waals surface area contributed by atoms with Gasteiger partial charge >= 0.3 is 5.97 Å². The summed E-state index contributed by atoms with van der Waals surface area (Å²) in [6.07, 6.45) is 1.95. The third-order valence-corrected chi connectivity index (χ3v) is 4.40. The summed E-state index contributed by atoms with van der Waals surface area (Å²) in [4.78, 5) is 35.7. The first kappa shape index (κ1) is 16.1. The van der Waals surface area contributed by atoms with E-state index in [2.05, 4.69) is 0 Å². The Morgan fingerprint density at radius 2 is 2.05 bits per heavy atom. The lowest BCUT2D eigenvalue weighted by Crippen LogP contribution is -2.49. The number of methoxy groups -OCH3 is 1. The molecule has 0 aromatic heterocycles. The molecule has 2 atom stereocenters. The van der Waals surface area contributed by atoms with Crippen LogP contribution in [0.15, 0.2) is 30.3 Å². The Balaban J connectivity index is 2.55. The van der Waals surface area contributed by atoms with E-state index in [0.717, 1.165) is 0 Å². The van der Waals surface area contributed by atoms with Gasteiger partial charge < -0.3 is 4.74 Å². The molecular formula is C16H19NO5. The Bertz CT molecular complexity index is 561. The highest BCUT2D eigenvalue weighted by Crippen LogP contribution is 2.46. The molecule has 0 radical (unpaired) electrons. The smallest absolute Gasteiger partial charge is 0.320 e. The van der Waals surface area contributed by atoms with Gasteiger partial charge in [0.25, 0.3) is 0 Å². The summed E-state index contributed by atoms with van der Waals surface area (Å²) in [5.41, 5.74) is -0.818. The van der Waals surface area contributed by atoms with E-state index < -0.39 is 28.8 Å². The van der Waals surface area contributed by atoms with Gasteiger partial charge in [0, 0.05) is 11.3 Å². The van der Waals surface area contributed by atoms with Crippen molar-refractivity contribution >= 4 is 11.8 Å². The average molecular weight is 305 g/mol. The summed E-state index contributed by atoms with van der Waals surface area (Å²) in [7, 11) is 1.22. The quantitative estimate of drug-likeness (QED) is 0.361. The topological polar surface area (TPSA) is 86.5 Å². The lowest BCUT2D eigenvalue weighted by Gasteiger charge is -2.38. The number of hydrogen-bond acceptors (Lipinski definition) is 5. The maximum atomic E-state index is 12.6. The first-order chi connectivity index (χ1) is 10.5. The first-order valence-corrected chi connectivity index (χ1v) is 7.31. The van der Waals surface area contributed by atoms with Crippen molar-refractivity contribution in [3.63, 3.8) is 0 Å². The lowest BCUT2D eigenvalue weighted by atomic mass is 9.63. The lowest BCUT2D eigenvalue weighted by molar-refractivity contribution is -0.485. The third kappa shape index (κ3) is 2.86. The van der Waals surface area contributed by atoms with Crippen LogP contribution in [0.2, 0.25) is 0 Å². The molecule has 22 heavy (non-hydrogen) atoms. The molecule has 1 aliphatic rings. The molecule has 1 aromatic rings. The Morgan fingerprint density at radius 3 is 2.59 bits per heavy atom.